The Balaban J connectivity index is 1.97. The highest BCUT2D eigenvalue weighted by Crippen LogP contribution is 2.21. The number of rotatable bonds is 4. The average molecular weight is 300 g/mol. The van der Waals surface area contributed by atoms with Crippen LogP contribution in [0.4, 0.5) is 5.82 Å². The number of anilines is 1. The zero-order valence-electron chi connectivity index (χ0n) is 11.2. The van der Waals surface area contributed by atoms with Gasteiger partial charge in [0.1, 0.15) is 5.82 Å². The van der Waals surface area contributed by atoms with Crippen LogP contribution in [-0.4, -0.2) is 26.0 Å². The minimum atomic E-state index is -1.14. The summed E-state index contributed by atoms with van der Waals surface area (Å²) in [6.07, 6.45) is 1.80. The molecule has 2 heterocycles. The number of aryl methyl sites for hydroxylation is 1. The SMILES string of the molecule is Cc1ncc(CNc2nc(C(=O)O)nc3ccccc23)s1. The van der Waals surface area contributed by atoms with Crippen molar-refractivity contribution in [1.82, 2.24) is 15.0 Å². The lowest BCUT2D eigenvalue weighted by atomic mass is 10.2. The molecule has 0 saturated carbocycles. The van der Waals surface area contributed by atoms with Gasteiger partial charge in [-0.05, 0) is 19.1 Å². The lowest BCUT2D eigenvalue weighted by molar-refractivity contribution is 0.0684. The highest BCUT2D eigenvalue weighted by atomic mass is 32.1. The molecule has 0 aliphatic carbocycles. The van der Waals surface area contributed by atoms with E-state index in [1.165, 1.54) is 0 Å². The number of thiazole rings is 1. The third-order valence-electron chi connectivity index (χ3n) is 2.89. The van der Waals surface area contributed by atoms with Gasteiger partial charge in [0.2, 0.25) is 5.82 Å². The van der Waals surface area contributed by atoms with E-state index in [1.54, 1.807) is 23.6 Å². The largest absolute Gasteiger partial charge is 0.475 e. The van der Waals surface area contributed by atoms with Crippen LogP contribution in [0.2, 0.25) is 0 Å². The van der Waals surface area contributed by atoms with Crippen molar-refractivity contribution in [1.29, 1.82) is 0 Å². The van der Waals surface area contributed by atoms with Crippen molar-refractivity contribution in [3.05, 3.63) is 46.2 Å². The Morgan fingerprint density at radius 1 is 1.33 bits per heavy atom. The molecule has 3 rings (SSSR count). The molecule has 0 atom stereocenters. The summed E-state index contributed by atoms with van der Waals surface area (Å²) in [6.45, 7) is 2.49. The van der Waals surface area contributed by atoms with Gasteiger partial charge in [-0.15, -0.1) is 11.3 Å². The summed E-state index contributed by atoms with van der Waals surface area (Å²) in [6, 6.07) is 7.32. The molecular formula is C14H12N4O2S. The number of hydrogen-bond donors (Lipinski definition) is 2. The molecule has 0 saturated heterocycles. The molecular weight excluding hydrogens is 288 g/mol. The molecule has 2 aromatic heterocycles. The average Bonchev–Trinajstić information content (AvgIpc) is 2.90. The third kappa shape index (κ3) is 2.82. The minimum absolute atomic E-state index is 0.211. The van der Waals surface area contributed by atoms with Gasteiger partial charge in [0.15, 0.2) is 0 Å². The second-order valence-electron chi connectivity index (χ2n) is 4.42. The number of carbonyl (C=O) groups is 1. The highest BCUT2D eigenvalue weighted by molar-refractivity contribution is 7.11. The molecule has 1 aromatic carbocycles. The number of fused-ring (bicyclic) bond motifs is 1. The van der Waals surface area contributed by atoms with E-state index in [-0.39, 0.29) is 5.82 Å². The lowest BCUT2D eigenvalue weighted by Crippen LogP contribution is -2.09. The molecule has 0 unspecified atom stereocenters. The molecule has 106 valence electrons. The number of nitrogens with one attached hydrogen (secondary N) is 1. The summed E-state index contributed by atoms with van der Waals surface area (Å²) in [5, 5.41) is 14.1. The zero-order valence-corrected chi connectivity index (χ0v) is 12.0. The molecule has 0 aliphatic rings. The maximum absolute atomic E-state index is 11.1. The zero-order chi connectivity index (χ0) is 14.8. The number of nitrogens with zero attached hydrogens (tertiary/aromatic N) is 3. The minimum Gasteiger partial charge on any atom is -0.475 e. The van der Waals surface area contributed by atoms with Gasteiger partial charge in [-0.3, -0.25) is 0 Å². The second kappa shape index (κ2) is 5.45. The van der Waals surface area contributed by atoms with Crippen molar-refractivity contribution < 1.29 is 9.90 Å². The van der Waals surface area contributed by atoms with Crippen LogP contribution in [0, 0.1) is 6.92 Å². The van der Waals surface area contributed by atoms with Crippen LogP contribution < -0.4 is 5.32 Å². The fraction of sp³-hybridized carbons (Fsp3) is 0.143. The normalized spacial score (nSPS) is 10.7. The number of para-hydroxylation sites is 1. The Labute approximate surface area is 124 Å². The summed E-state index contributed by atoms with van der Waals surface area (Å²) < 4.78 is 0. The van der Waals surface area contributed by atoms with E-state index >= 15 is 0 Å². The maximum Gasteiger partial charge on any atom is 0.374 e. The number of benzene rings is 1. The summed E-state index contributed by atoms with van der Waals surface area (Å²) >= 11 is 1.59. The molecule has 0 amide bonds. The van der Waals surface area contributed by atoms with Crippen LogP contribution in [0.3, 0.4) is 0 Å². The van der Waals surface area contributed by atoms with E-state index in [4.69, 9.17) is 5.11 Å². The lowest BCUT2D eigenvalue weighted by Gasteiger charge is -2.08. The van der Waals surface area contributed by atoms with Crippen molar-refractivity contribution in [2.24, 2.45) is 0 Å². The van der Waals surface area contributed by atoms with Gasteiger partial charge in [-0.1, -0.05) is 12.1 Å². The second-order valence-corrected chi connectivity index (χ2v) is 5.74. The summed E-state index contributed by atoms with van der Waals surface area (Å²) in [5.41, 5.74) is 0.605. The summed E-state index contributed by atoms with van der Waals surface area (Å²) in [4.78, 5) is 24.5. The molecule has 0 fully saturated rings. The van der Waals surface area contributed by atoms with E-state index in [0.717, 1.165) is 15.3 Å². The molecule has 3 aromatic rings. The van der Waals surface area contributed by atoms with E-state index in [0.29, 0.717) is 17.9 Å². The molecule has 0 aliphatic heterocycles. The molecule has 7 heteroatoms. The number of aromatic carboxylic acids is 1. The third-order valence-corrected chi connectivity index (χ3v) is 3.81. The van der Waals surface area contributed by atoms with Gasteiger partial charge >= 0.3 is 5.97 Å². The molecule has 2 N–H and O–H groups in total. The van der Waals surface area contributed by atoms with Crippen LogP contribution in [0.15, 0.2) is 30.5 Å². The number of hydrogen-bond acceptors (Lipinski definition) is 6. The highest BCUT2D eigenvalue weighted by Gasteiger charge is 2.12. The molecule has 0 spiro atoms. The van der Waals surface area contributed by atoms with Gasteiger partial charge in [-0.2, -0.15) is 0 Å². The first-order chi connectivity index (χ1) is 10.1. The number of aromatic nitrogens is 3. The standard InChI is InChI=1S/C14H12N4O2S/c1-8-15-6-9(21-8)7-16-12-10-4-2-3-5-11(10)17-13(18-12)14(19)20/h2-6H,7H2,1H3,(H,19,20)(H,16,17,18). The molecule has 21 heavy (non-hydrogen) atoms. The van der Waals surface area contributed by atoms with Crippen molar-refractivity contribution in [3.63, 3.8) is 0 Å². The van der Waals surface area contributed by atoms with Gasteiger partial charge in [0.05, 0.1) is 17.1 Å². The number of carboxylic acid groups (broad SMARTS) is 1. The van der Waals surface area contributed by atoms with Gasteiger partial charge in [0, 0.05) is 16.5 Å². The Morgan fingerprint density at radius 2 is 2.14 bits per heavy atom. The van der Waals surface area contributed by atoms with E-state index < -0.39 is 5.97 Å². The maximum atomic E-state index is 11.1. The van der Waals surface area contributed by atoms with Crippen LogP contribution in [0.25, 0.3) is 10.9 Å². The Kier molecular flexibility index (Phi) is 3.49. The predicted molar refractivity (Wildman–Crippen MR) is 80.7 cm³/mol. The summed E-state index contributed by atoms with van der Waals surface area (Å²) in [5.74, 6) is -0.835. The first-order valence-corrected chi connectivity index (χ1v) is 7.10. The fourth-order valence-electron chi connectivity index (χ4n) is 1.96. The van der Waals surface area contributed by atoms with Crippen LogP contribution >= 0.6 is 11.3 Å². The molecule has 6 nitrogen and oxygen atoms in total. The number of carboxylic acids is 1. The molecule has 0 radical (unpaired) electrons. The van der Waals surface area contributed by atoms with Gasteiger partial charge in [0.25, 0.3) is 0 Å². The van der Waals surface area contributed by atoms with E-state index in [1.807, 2.05) is 25.1 Å². The fourth-order valence-corrected chi connectivity index (χ4v) is 2.70. The quantitative estimate of drug-likeness (QED) is 0.770. The Bertz CT molecular complexity index is 816. The van der Waals surface area contributed by atoms with Crippen LogP contribution in [0.1, 0.15) is 20.5 Å². The topological polar surface area (TPSA) is 88.0 Å². The predicted octanol–water partition coefficient (Wildman–Crippen LogP) is 2.71. The first kappa shape index (κ1) is 13.4. The van der Waals surface area contributed by atoms with Crippen LogP contribution in [-0.2, 0) is 6.54 Å². The van der Waals surface area contributed by atoms with Crippen molar-refractivity contribution in [2.75, 3.05) is 5.32 Å². The van der Waals surface area contributed by atoms with Crippen molar-refractivity contribution >= 4 is 34.0 Å². The first-order valence-electron chi connectivity index (χ1n) is 6.29. The van der Waals surface area contributed by atoms with Crippen LogP contribution in [0.5, 0.6) is 0 Å². The smallest absolute Gasteiger partial charge is 0.374 e. The monoisotopic (exact) mass is 300 g/mol. The van der Waals surface area contributed by atoms with Gasteiger partial charge < -0.3 is 10.4 Å². The van der Waals surface area contributed by atoms with E-state index in [9.17, 15) is 4.79 Å². The van der Waals surface area contributed by atoms with Gasteiger partial charge in [-0.25, -0.2) is 19.7 Å². The summed E-state index contributed by atoms with van der Waals surface area (Å²) in [7, 11) is 0. The van der Waals surface area contributed by atoms with Crippen molar-refractivity contribution in [3.8, 4) is 0 Å². The van der Waals surface area contributed by atoms with E-state index in [2.05, 4.69) is 20.3 Å². The molecule has 0 bridgehead atoms. The van der Waals surface area contributed by atoms with Crippen molar-refractivity contribution in [2.45, 2.75) is 13.5 Å². The Morgan fingerprint density at radius 3 is 2.86 bits per heavy atom. The Hall–Kier alpha value is -2.54.